The van der Waals surface area contributed by atoms with E-state index < -0.39 is 5.97 Å². The van der Waals surface area contributed by atoms with Gasteiger partial charge in [0.05, 0.1) is 6.61 Å². The summed E-state index contributed by atoms with van der Waals surface area (Å²) in [6.07, 6.45) is 5.20. The third kappa shape index (κ3) is 4.49. The molecule has 0 aromatic heterocycles. The predicted octanol–water partition coefficient (Wildman–Crippen LogP) is 5.06. The highest BCUT2D eigenvalue weighted by atomic mass is 16.5. The molecule has 1 aliphatic carbocycles. The van der Waals surface area contributed by atoms with E-state index in [2.05, 4.69) is 45.9 Å². The van der Waals surface area contributed by atoms with Crippen LogP contribution in [0.15, 0.2) is 18.2 Å². The second-order valence-electron chi connectivity index (χ2n) is 8.03. The Labute approximate surface area is 140 Å². The van der Waals surface area contributed by atoms with Gasteiger partial charge in [-0.2, -0.15) is 0 Å². The molecule has 0 aliphatic heterocycles. The van der Waals surface area contributed by atoms with Crippen molar-refractivity contribution >= 4 is 5.97 Å². The molecule has 0 bridgehead atoms. The Bertz CT molecular complexity index is 558. The summed E-state index contributed by atoms with van der Waals surface area (Å²) in [4.78, 5) is 10.5. The van der Waals surface area contributed by atoms with Crippen LogP contribution in [0.4, 0.5) is 0 Å². The van der Waals surface area contributed by atoms with E-state index in [0.29, 0.717) is 6.61 Å². The fourth-order valence-electron chi connectivity index (χ4n) is 3.40. The lowest BCUT2D eigenvalue weighted by atomic mass is 9.63. The van der Waals surface area contributed by atoms with Crippen LogP contribution < -0.4 is 4.74 Å². The number of fused-ring (bicyclic) bond motifs is 1. The van der Waals surface area contributed by atoms with E-state index in [9.17, 15) is 4.79 Å². The lowest BCUT2D eigenvalue weighted by Gasteiger charge is -2.41. The largest absolute Gasteiger partial charge is 0.494 e. The van der Waals surface area contributed by atoms with Crippen LogP contribution in [-0.2, 0) is 15.6 Å². The molecule has 1 aromatic rings. The zero-order valence-corrected chi connectivity index (χ0v) is 14.9. The molecule has 128 valence electrons. The van der Waals surface area contributed by atoms with Crippen molar-refractivity contribution < 1.29 is 14.6 Å². The minimum atomic E-state index is -0.717. The highest BCUT2D eigenvalue weighted by Crippen LogP contribution is 2.46. The molecule has 0 saturated heterocycles. The second kappa shape index (κ2) is 6.94. The molecule has 0 amide bonds. The van der Waals surface area contributed by atoms with Gasteiger partial charge in [-0.3, -0.25) is 4.79 Å². The van der Waals surface area contributed by atoms with Crippen molar-refractivity contribution in [2.45, 2.75) is 77.0 Å². The molecule has 0 atom stereocenters. The van der Waals surface area contributed by atoms with Crippen LogP contribution in [0, 0.1) is 0 Å². The summed E-state index contributed by atoms with van der Waals surface area (Å²) in [6, 6.07) is 6.53. The van der Waals surface area contributed by atoms with Gasteiger partial charge in [-0.1, -0.05) is 33.8 Å². The van der Waals surface area contributed by atoms with Crippen LogP contribution in [0.2, 0.25) is 0 Å². The van der Waals surface area contributed by atoms with Gasteiger partial charge in [-0.15, -0.1) is 0 Å². The normalized spacial score (nSPS) is 18.3. The van der Waals surface area contributed by atoms with Crippen molar-refractivity contribution in [2.24, 2.45) is 0 Å². The maximum atomic E-state index is 10.5. The third-order valence-electron chi connectivity index (χ3n) is 5.13. The van der Waals surface area contributed by atoms with Gasteiger partial charge in [0.25, 0.3) is 0 Å². The summed E-state index contributed by atoms with van der Waals surface area (Å²) in [5.74, 6) is 0.221. The molecule has 0 heterocycles. The van der Waals surface area contributed by atoms with Gasteiger partial charge in [0.2, 0.25) is 0 Å². The molecular formula is C20H30O3. The van der Waals surface area contributed by atoms with E-state index >= 15 is 0 Å². The van der Waals surface area contributed by atoms with Crippen molar-refractivity contribution in [3.8, 4) is 5.75 Å². The smallest absolute Gasteiger partial charge is 0.303 e. The summed E-state index contributed by atoms with van der Waals surface area (Å²) in [5.41, 5.74) is 3.30. The maximum Gasteiger partial charge on any atom is 0.303 e. The van der Waals surface area contributed by atoms with Crippen LogP contribution in [0.5, 0.6) is 5.75 Å². The fraction of sp³-hybridized carbons (Fsp3) is 0.650. The number of hydrogen-bond donors (Lipinski definition) is 1. The molecule has 23 heavy (non-hydrogen) atoms. The maximum absolute atomic E-state index is 10.5. The highest BCUT2D eigenvalue weighted by Gasteiger charge is 2.37. The summed E-state index contributed by atoms with van der Waals surface area (Å²) in [5, 5.41) is 8.62. The fourth-order valence-corrected chi connectivity index (χ4v) is 3.40. The molecule has 1 aromatic carbocycles. The van der Waals surface area contributed by atoms with E-state index in [1.165, 1.54) is 24.0 Å². The minimum Gasteiger partial charge on any atom is -0.494 e. The van der Waals surface area contributed by atoms with Crippen molar-refractivity contribution in [2.75, 3.05) is 6.61 Å². The predicted molar refractivity (Wildman–Crippen MR) is 93.3 cm³/mol. The number of carboxylic acids is 1. The summed E-state index contributed by atoms with van der Waals surface area (Å²) >= 11 is 0. The molecule has 0 spiro atoms. The van der Waals surface area contributed by atoms with E-state index in [4.69, 9.17) is 9.84 Å². The lowest BCUT2D eigenvalue weighted by Crippen LogP contribution is -2.33. The molecule has 0 unspecified atom stereocenters. The van der Waals surface area contributed by atoms with E-state index in [1.54, 1.807) is 0 Å². The van der Waals surface area contributed by atoms with Crippen LogP contribution in [-0.4, -0.2) is 17.7 Å². The average Bonchev–Trinajstić information content (AvgIpc) is 2.47. The third-order valence-corrected chi connectivity index (χ3v) is 5.13. The topological polar surface area (TPSA) is 46.5 Å². The Hall–Kier alpha value is -1.51. The number of hydrogen-bond acceptors (Lipinski definition) is 2. The number of carbonyl (C=O) groups is 1. The first-order chi connectivity index (χ1) is 10.7. The number of carboxylic acid groups (broad SMARTS) is 1. The van der Waals surface area contributed by atoms with Crippen molar-refractivity contribution in [3.63, 3.8) is 0 Å². The molecule has 1 aliphatic rings. The number of benzene rings is 1. The second-order valence-corrected chi connectivity index (χ2v) is 8.03. The van der Waals surface area contributed by atoms with Gasteiger partial charge in [0.1, 0.15) is 5.75 Å². The van der Waals surface area contributed by atoms with E-state index in [1.807, 2.05) is 0 Å². The molecule has 2 rings (SSSR count). The van der Waals surface area contributed by atoms with Gasteiger partial charge in [-0.25, -0.2) is 0 Å². The molecule has 3 heteroatoms. The molecule has 3 nitrogen and oxygen atoms in total. The molecule has 0 saturated carbocycles. The molecule has 1 N–H and O–H groups in total. The van der Waals surface area contributed by atoms with Crippen LogP contribution in [0.25, 0.3) is 0 Å². The van der Waals surface area contributed by atoms with Gasteiger partial charge in [0, 0.05) is 6.42 Å². The number of ether oxygens (including phenoxy) is 1. The Morgan fingerprint density at radius 3 is 2.35 bits per heavy atom. The Morgan fingerprint density at radius 2 is 1.70 bits per heavy atom. The first-order valence-corrected chi connectivity index (χ1v) is 8.72. The van der Waals surface area contributed by atoms with E-state index in [0.717, 1.165) is 25.0 Å². The zero-order chi connectivity index (χ0) is 17.1. The molecular weight excluding hydrogens is 288 g/mol. The first-order valence-electron chi connectivity index (χ1n) is 8.72. The first kappa shape index (κ1) is 17.8. The van der Waals surface area contributed by atoms with Gasteiger partial charge in [-0.05, 0) is 66.2 Å². The molecule has 0 fully saturated rings. The lowest BCUT2D eigenvalue weighted by molar-refractivity contribution is -0.137. The summed E-state index contributed by atoms with van der Waals surface area (Å²) < 4.78 is 5.89. The molecule has 0 radical (unpaired) electrons. The van der Waals surface area contributed by atoms with Crippen molar-refractivity contribution in [1.82, 2.24) is 0 Å². The quantitative estimate of drug-likeness (QED) is 0.715. The Morgan fingerprint density at radius 1 is 1.04 bits per heavy atom. The minimum absolute atomic E-state index is 0.200. The SMILES string of the molecule is CC1(C)CCC(C)(C)c2cc(OCCCCCC(=O)O)ccc21. The van der Waals surface area contributed by atoms with Gasteiger partial charge in [0.15, 0.2) is 0 Å². The Kier molecular flexibility index (Phi) is 5.38. The van der Waals surface area contributed by atoms with Crippen molar-refractivity contribution in [3.05, 3.63) is 29.3 Å². The monoisotopic (exact) mass is 318 g/mol. The van der Waals surface area contributed by atoms with Crippen LogP contribution >= 0.6 is 0 Å². The van der Waals surface area contributed by atoms with Gasteiger partial charge < -0.3 is 9.84 Å². The summed E-state index contributed by atoms with van der Waals surface area (Å²) in [7, 11) is 0. The highest BCUT2D eigenvalue weighted by molar-refractivity contribution is 5.66. The zero-order valence-electron chi connectivity index (χ0n) is 14.9. The van der Waals surface area contributed by atoms with Gasteiger partial charge >= 0.3 is 5.97 Å². The number of rotatable bonds is 7. The average molecular weight is 318 g/mol. The van der Waals surface area contributed by atoms with Crippen LogP contribution in [0.1, 0.15) is 77.3 Å². The van der Waals surface area contributed by atoms with Crippen molar-refractivity contribution in [1.29, 1.82) is 0 Å². The summed E-state index contributed by atoms with van der Waals surface area (Å²) in [6.45, 7) is 9.93. The standard InChI is InChI=1S/C20H30O3/c1-19(2)11-12-20(3,4)17-14-15(9-10-16(17)19)23-13-7-5-6-8-18(21)22/h9-10,14H,5-8,11-13H2,1-4H3,(H,21,22). The van der Waals surface area contributed by atoms with E-state index in [-0.39, 0.29) is 17.3 Å². The Balaban J connectivity index is 1.96. The number of unbranched alkanes of at least 4 members (excludes halogenated alkanes) is 2. The number of aliphatic carboxylic acids is 1. The van der Waals surface area contributed by atoms with Crippen LogP contribution in [0.3, 0.4) is 0 Å².